The SMILES string of the molecule is CC[C@@H](NC(=O)Nc1ccccc1)c1ccccc1. The molecule has 0 radical (unpaired) electrons. The van der Waals surface area contributed by atoms with Crippen molar-refractivity contribution in [3.63, 3.8) is 0 Å². The van der Waals surface area contributed by atoms with Crippen molar-refractivity contribution >= 4 is 11.7 Å². The second-order valence-electron chi connectivity index (χ2n) is 4.34. The number of anilines is 1. The van der Waals surface area contributed by atoms with Crippen LogP contribution in [-0.2, 0) is 0 Å². The van der Waals surface area contributed by atoms with Gasteiger partial charge in [0, 0.05) is 5.69 Å². The normalized spacial score (nSPS) is 11.6. The van der Waals surface area contributed by atoms with Crippen LogP contribution in [0.3, 0.4) is 0 Å². The lowest BCUT2D eigenvalue weighted by Gasteiger charge is -2.17. The van der Waals surface area contributed by atoms with Crippen LogP contribution in [-0.4, -0.2) is 6.03 Å². The third-order valence-corrected chi connectivity index (χ3v) is 2.95. The highest BCUT2D eigenvalue weighted by Gasteiger charge is 2.11. The lowest BCUT2D eigenvalue weighted by atomic mass is 10.1. The summed E-state index contributed by atoms with van der Waals surface area (Å²) in [5, 5.41) is 5.81. The zero-order valence-corrected chi connectivity index (χ0v) is 11.0. The van der Waals surface area contributed by atoms with E-state index in [1.165, 1.54) is 0 Å². The number of nitrogens with one attached hydrogen (secondary N) is 2. The number of urea groups is 1. The second kappa shape index (κ2) is 6.59. The maximum atomic E-state index is 11.9. The molecule has 2 rings (SSSR count). The van der Waals surface area contributed by atoms with Crippen LogP contribution in [0.2, 0.25) is 0 Å². The van der Waals surface area contributed by atoms with Gasteiger partial charge in [0.1, 0.15) is 0 Å². The molecule has 2 aromatic carbocycles. The molecular formula is C16H18N2O. The van der Waals surface area contributed by atoms with Gasteiger partial charge in [-0.25, -0.2) is 4.79 Å². The minimum absolute atomic E-state index is 0.0323. The van der Waals surface area contributed by atoms with Crippen LogP contribution in [0.25, 0.3) is 0 Å². The number of hydrogen-bond donors (Lipinski definition) is 2. The Morgan fingerprint density at radius 3 is 2.16 bits per heavy atom. The van der Waals surface area contributed by atoms with E-state index in [4.69, 9.17) is 0 Å². The highest BCUT2D eigenvalue weighted by molar-refractivity contribution is 5.89. The van der Waals surface area contributed by atoms with Gasteiger partial charge in [0.15, 0.2) is 0 Å². The molecule has 3 nitrogen and oxygen atoms in total. The lowest BCUT2D eigenvalue weighted by Crippen LogP contribution is -2.32. The third-order valence-electron chi connectivity index (χ3n) is 2.95. The molecule has 0 fully saturated rings. The second-order valence-corrected chi connectivity index (χ2v) is 4.34. The van der Waals surface area contributed by atoms with E-state index >= 15 is 0 Å². The third kappa shape index (κ3) is 3.85. The maximum Gasteiger partial charge on any atom is 0.319 e. The van der Waals surface area contributed by atoms with Crippen molar-refractivity contribution in [2.75, 3.05) is 5.32 Å². The molecule has 19 heavy (non-hydrogen) atoms. The van der Waals surface area contributed by atoms with Crippen molar-refractivity contribution in [2.45, 2.75) is 19.4 Å². The first-order valence-corrected chi connectivity index (χ1v) is 6.47. The number of carbonyl (C=O) groups excluding carboxylic acids is 1. The molecule has 0 spiro atoms. The molecule has 0 aromatic heterocycles. The maximum absolute atomic E-state index is 11.9. The van der Waals surface area contributed by atoms with Crippen LogP contribution in [0, 0.1) is 0 Å². The number of amides is 2. The van der Waals surface area contributed by atoms with E-state index in [1.807, 2.05) is 60.7 Å². The Kier molecular flexibility index (Phi) is 4.56. The fourth-order valence-corrected chi connectivity index (χ4v) is 1.95. The molecule has 0 aliphatic heterocycles. The summed E-state index contributed by atoms with van der Waals surface area (Å²) >= 11 is 0. The van der Waals surface area contributed by atoms with Crippen LogP contribution in [0.4, 0.5) is 10.5 Å². The van der Waals surface area contributed by atoms with Crippen LogP contribution < -0.4 is 10.6 Å². The van der Waals surface area contributed by atoms with Crippen molar-refractivity contribution in [3.05, 3.63) is 66.2 Å². The smallest absolute Gasteiger partial charge is 0.319 e. The van der Waals surface area contributed by atoms with Gasteiger partial charge in [0.25, 0.3) is 0 Å². The van der Waals surface area contributed by atoms with E-state index in [0.717, 1.165) is 17.7 Å². The van der Waals surface area contributed by atoms with Gasteiger partial charge >= 0.3 is 6.03 Å². The van der Waals surface area contributed by atoms with Crippen molar-refractivity contribution in [3.8, 4) is 0 Å². The van der Waals surface area contributed by atoms with Gasteiger partial charge in [0.2, 0.25) is 0 Å². The zero-order chi connectivity index (χ0) is 13.5. The summed E-state index contributed by atoms with van der Waals surface area (Å²) in [6, 6.07) is 19.3. The first-order valence-electron chi connectivity index (χ1n) is 6.47. The molecule has 0 aliphatic carbocycles. The lowest BCUT2D eigenvalue weighted by molar-refractivity contribution is 0.248. The molecule has 0 unspecified atom stereocenters. The number of carbonyl (C=O) groups is 1. The fourth-order valence-electron chi connectivity index (χ4n) is 1.95. The fraction of sp³-hybridized carbons (Fsp3) is 0.188. The van der Waals surface area contributed by atoms with Crippen LogP contribution in [0.15, 0.2) is 60.7 Å². The molecule has 0 aliphatic rings. The van der Waals surface area contributed by atoms with Gasteiger partial charge in [0.05, 0.1) is 6.04 Å². The van der Waals surface area contributed by atoms with Crippen molar-refractivity contribution in [1.29, 1.82) is 0 Å². The number of hydrogen-bond acceptors (Lipinski definition) is 1. The first kappa shape index (κ1) is 13.1. The average molecular weight is 254 g/mol. The summed E-state index contributed by atoms with van der Waals surface area (Å²) in [4.78, 5) is 11.9. The van der Waals surface area contributed by atoms with Crippen molar-refractivity contribution < 1.29 is 4.79 Å². The molecule has 98 valence electrons. The number of rotatable bonds is 4. The minimum Gasteiger partial charge on any atom is -0.331 e. The Bertz CT molecular complexity index is 511. The highest BCUT2D eigenvalue weighted by atomic mass is 16.2. The molecule has 1 atom stereocenters. The number of para-hydroxylation sites is 1. The van der Waals surface area contributed by atoms with E-state index in [1.54, 1.807) is 0 Å². The Morgan fingerprint density at radius 2 is 1.58 bits per heavy atom. The van der Waals surface area contributed by atoms with Crippen molar-refractivity contribution in [1.82, 2.24) is 5.32 Å². The summed E-state index contributed by atoms with van der Waals surface area (Å²) in [5.74, 6) is 0. The molecule has 2 aromatic rings. The van der Waals surface area contributed by atoms with Crippen LogP contribution in [0.5, 0.6) is 0 Å². The summed E-state index contributed by atoms with van der Waals surface area (Å²) in [5.41, 5.74) is 1.91. The minimum atomic E-state index is -0.179. The van der Waals surface area contributed by atoms with E-state index in [0.29, 0.717) is 0 Å². The molecular weight excluding hydrogens is 236 g/mol. The van der Waals surface area contributed by atoms with E-state index in [2.05, 4.69) is 17.6 Å². The first-order chi connectivity index (χ1) is 9.29. The molecule has 0 heterocycles. The Morgan fingerprint density at radius 1 is 1.00 bits per heavy atom. The molecule has 2 amide bonds. The summed E-state index contributed by atoms with van der Waals surface area (Å²) in [6.07, 6.45) is 0.853. The van der Waals surface area contributed by atoms with E-state index in [9.17, 15) is 4.79 Å². The van der Waals surface area contributed by atoms with Gasteiger partial charge in [-0.3, -0.25) is 0 Å². The largest absolute Gasteiger partial charge is 0.331 e. The standard InChI is InChI=1S/C16H18N2O/c1-2-15(13-9-5-3-6-10-13)18-16(19)17-14-11-7-4-8-12-14/h3-12,15H,2H2,1H3,(H2,17,18,19)/t15-/m1/s1. The highest BCUT2D eigenvalue weighted by Crippen LogP contribution is 2.16. The molecule has 0 saturated heterocycles. The monoisotopic (exact) mass is 254 g/mol. The topological polar surface area (TPSA) is 41.1 Å². The van der Waals surface area contributed by atoms with Gasteiger partial charge < -0.3 is 10.6 Å². The Hall–Kier alpha value is -2.29. The van der Waals surface area contributed by atoms with Crippen LogP contribution in [0.1, 0.15) is 24.9 Å². The summed E-state index contributed by atoms with van der Waals surface area (Å²) < 4.78 is 0. The molecule has 0 saturated carbocycles. The molecule has 0 bridgehead atoms. The quantitative estimate of drug-likeness (QED) is 0.852. The summed E-state index contributed by atoms with van der Waals surface area (Å²) in [7, 11) is 0. The molecule has 3 heteroatoms. The Balaban J connectivity index is 1.97. The Labute approximate surface area is 113 Å². The van der Waals surface area contributed by atoms with E-state index in [-0.39, 0.29) is 12.1 Å². The van der Waals surface area contributed by atoms with Gasteiger partial charge in [-0.05, 0) is 24.1 Å². The van der Waals surface area contributed by atoms with Gasteiger partial charge in [-0.2, -0.15) is 0 Å². The van der Waals surface area contributed by atoms with E-state index < -0.39 is 0 Å². The van der Waals surface area contributed by atoms with Gasteiger partial charge in [-0.15, -0.1) is 0 Å². The van der Waals surface area contributed by atoms with Gasteiger partial charge in [-0.1, -0.05) is 55.5 Å². The number of benzene rings is 2. The predicted molar refractivity (Wildman–Crippen MR) is 78.1 cm³/mol. The average Bonchev–Trinajstić information content (AvgIpc) is 2.47. The summed E-state index contributed by atoms with van der Waals surface area (Å²) in [6.45, 7) is 2.06. The predicted octanol–water partition coefficient (Wildman–Crippen LogP) is 3.96. The van der Waals surface area contributed by atoms with Crippen molar-refractivity contribution in [2.24, 2.45) is 0 Å². The zero-order valence-electron chi connectivity index (χ0n) is 11.0. The molecule has 2 N–H and O–H groups in total. The van der Waals surface area contributed by atoms with Crippen LogP contribution >= 0.6 is 0 Å².